The highest BCUT2D eigenvalue weighted by atomic mass is 16.5. The molecular formula is C19H23NO2. The second-order valence-electron chi connectivity index (χ2n) is 5.55. The fourth-order valence-corrected chi connectivity index (χ4v) is 2.48. The number of phenolic OH excluding ortho intramolecular Hbond substituents is 1. The third kappa shape index (κ3) is 3.67. The molecule has 3 heteroatoms. The maximum Gasteiger partial charge on any atom is 0.166 e. The van der Waals surface area contributed by atoms with Crippen LogP contribution in [-0.4, -0.2) is 17.9 Å². The van der Waals surface area contributed by atoms with Gasteiger partial charge in [0.05, 0.1) is 12.3 Å². The van der Waals surface area contributed by atoms with Gasteiger partial charge in [-0.3, -0.25) is 4.99 Å². The van der Waals surface area contributed by atoms with Crippen molar-refractivity contribution < 1.29 is 9.84 Å². The Balaban J connectivity index is 2.31. The molecule has 0 aliphatic rings. The SMILES string of the molecule is CCCOc1cccc(C=Nc2c(C)cc(C)cc2C)c1O. The van der Waals surface area contributed by atoms with E-state index in [0.717, 1.165) is 23.2 Å². The monoisotopic (exact) mass is 297 g/mol. The van der Waals surface area contributed by atoms with E-state index in [1.165, 1.54) is 5.56 Å². The molecule has 0 spiro atoms. The van der Waals surface area contributed by atoms with Gasteiger partial charge in [0.2, 0.25) is 0 Å². The summed E-state index contributed by atoms with van der Waals surface area (Å²) in [5.74, 6) is 0.644. The van der Waals surface area contributed by atoms with E-state index in [0.29, 0.717) is 17.9 Å². The van der Waals surface area contributed by atoms with E-state index in [1.807, 2.05) is 32.9 Å². The van der Waals surface area contributed by atoms with Gasteiger partial charge in [-0.15, -0.1) is 0 Å². The molecule has 2 aromatic rings. The van der Waals surface area contributed by atoms with Crippen LogP contribution in [0.2, 0.25) is 0 Å². The number of aryl methyl sites for hydroxylation is 3. The van der Waals surface area contributed by atoms with Gasteiger partial charge in [0.15, 0.2) is 11.5 Å². The minimum atomic E-state index is 0.141. The number of benzene rings is 2. The first kappa shape index (κ1) is 16.1. The molecule has 0 aromatic heterocycles. The summed E-state index contributed by atoms with van der Waals surface area (Å²) in [6.07, 6.45) is 2.60. The number of hydrogen-bond acceptors (Lipinski definition) is 3. The Morgan fingerprint density at radius 1 is 1.14 bits per heavy atom. The molecule has 0 atom stereocenters. The summed E-state index contributed by atoms with van der Waals surface area (Å²) in [4.78, 5) is 4.56. The lowest BCUT2D eigenvalue weighted by atomic mass is 10.1. The quantitative estimate of drug-likeness (QED) is 0.801. The van der Waals surface area contributed by atoms with E-state index < -0.39 is 0 Å². The molecule has 2 rings (SSSR count). The summed E-state index contributed by atoms with van der Waals surface area (Å²) in [5, 5.41) is 10.3. The molecule has 116 valence electrons. The first-order chi connectivity index (χ1) is 10.5. The van der Waals surface area contributed by atoms with E-state index >= 15 is 0 Å². The van der Waals surface area contributed by atoms with Crippen LogP contribution in [0, 0.1) is 20.8 Å². The van der Waals surface area contributed by atoms with E-state index in [-0.39, 0.29) is 5.75 Å². The highest BCUT2D eigenvalue weighted by Crippen LogP contribution is 2.30. The largest absolute Gasteiger partial charge is 0.504 e. The fourth-order valence-electron chi connectivity index (χ4n) is 2.48. The van der Waals surface area contributed by atoms with Crippen molar-refractivity contribution in [2.45, 2.75) is 34.1 Å². The topological polar surface area (TPSA) is 41.8 Å². The molecule has 0 aliphatic carbocycles. The average molecular weight is 297 g/mol. The van der Waals surface area contributed by atoms with E-state index in [2.05, 4.69) is 24.0 Å². The molecule has 0 aliphatic heterocycles. The average Bonchev–Trinajstić information content (AvgIpc) is 2.46. The van der Waals surface area contributed by atoms with Crippen molar-refractivity contribution in [1.82, 2.24) is 0 Å². The van der Waals surface area contributed by atoms with Gasteiger partial charge in [-0.2, -0.15) is 0 Å². The predicted molar refractivity (Wildman–Crippen MR) is 91.8 cm³/mol. The molecule has 0 amide bonds. The van der Waals surface area contributed by atoms with Crippen molar-refractivity contribution in [3.63, 3.8) is 0 Å². The predicted octanol–water partition coefficient (Wildman–Crippen LogP) is 4.86. The van der Waals surface area contributed by atoms with Crippen molar-refractivity contribution in [2.75, 3.05) is 6.61 Å². The van der Waals surface area contributed by atoms with Gasteiger partial charge in [-0.1, -0.05) is 30.7 Å². The zero-order valence-electron chi connectivity index (χ0n) is 13.7. The summed E-state index contributed by atoms with van der Waals surface area (Å²) in [5.41, 5.74) is 5.10. The van der Waals surface area contributed by atoms with Gasteiger partial charge in [0, 0.05) is 11.8 Å². The zero-order chi connectivity index (χ0) is 16.1. The summed E-state index contributed by atoms with van der Waals surface area (Å²) >= 11 is 0. The van der Waals surface area contributed by atoms with Gasteiger partial charge in [0.25, 0.3) is 0 Å². The van der Waals surface area contributed by atoms with Crippen molar-refractivity contribution in [3.05, 3.63) is 52.6 Å². The number of ether oxygens (including phenoxy) is 1. The van der Waals surface area contributed by atoms with Gasteiger partial charge in [0.1, 0.15) is 0 Å². The second kappa shape index (κ2) is 7.12. The summed E-state index contributed by atoms with van der Waals surface area (Å²) < 4.78 is 5.53. The minimum Gasteiger partial charge on any atom is -0.504 e. The third-order valence-corrected chi connectivity index (χ3v) is 3.46. The van der Waals surface area contributed by atoms with Crippen LogP contribution in [0.25, 0.3) is 0 Å². The second-order valence-corrected chi connectivity index (χ2v) is 5.55. The summed E-state index contributed by atoms with van der Waals surface area (Å²) in [6.45, 7) is 8.80. The normalized spacial score (nSPS) is 11.1. The van der Waals surface area contributed by atoms with Crippen LogP contribution in [0.3, 0.4) is 0 Å². The maximum atomic E-state index is 10.3. The van der Waals surface area contributed by atoms with Gasteiger partial charge in [-0.25, -0.2) is 0 Å². The highest BCUT2D eigenvalue weighted by molar-refractivity contribution is 5.87. The lowest BCUT2D eigenvalue weighted by Gasteiger charge is -2.09. The molecule has 3 nitrogen and oxygen atoms in total. The first-order valence-corrected chi connectivity index (χ1v) is 7.59. The number of phenols is 1. The number of hydrogen-bond donors (Lipinski definition) is 1. The molecule has 2 aromatic carbocycles. The Hall–Kier alpha value is -2.29. The van der Waals surface area contributed by atoms with Crippen LogP contribution in [0.15, 0.2) is 35.3 Å². The van der Waals surface area contributed by atoms with Crippen LogP contribution >= 0.6 is 0 Å². The maximum absolute atomic E-state index is 10.3. The van der Waals surface area contributed by atoms with E-state index in [4.69, 9.17) is 4.74 Å². The minimum absolute atomic E-state index is 0.141. The molecule has 0 saturated carbocycles. The number of para-hydroxylation sites is 1. The van der Waals surface area contributed by atoms with Gasteiger partial charge in [-0.05, 0) is 50.5 Å². The molecule has 0 heterocycles. The number of aromatic hydroxyl groups is 1. The highest BCUT2D eigenvalue weighted by Gasteiger charge is 2.07. The van der Waals surface area contributed by atoms with Crippen LogP contribution in [-0.2, 0) is 0 Å². The Kier molecular flexibility index (Phi) is 5.21. The summed E-state index contributed by atoms with van der Waals surface area (Å²) in [6, 6.07) is 9.68. The van der Waals surface area contributed by atoms with Crippen LogP contribution in [0.5, 0.6) is 11.5 Å². The molecule has 0 unspecified atom stereocenters. The number of aliphatic imine (C=N–C) groups is 1. The van der Waals surface area contributed by atoms with Crippen LogP contribution in [0.4, 0.5) is 5.69 Å². The standard InChI is InChI=1S/C19H23NO2/c1-5-9-22-17-8-6-7-16(19(17)21)12-20-18-14(3)10-13(2)11-15(18)4/h6-8,10-12,21H,5,9H2,1-4H3. The zero-order valence-corrected chi connectivity index (χ0v) is 13.7. The molecule has 22 heavy (non-hydrogen) atoms. The number of rotatable bonds is 5. The fraction of sp³-hybridized carbons (Fsp3) is 0.316. The van der Waals surface area contributed by atoms with Gasteiger partial charge < -0.3 is 9.84 Å². The van der Waals surface area contributed by atoms with E-state index in [9.17, 15) is 5.11 Å². The lowest BCUT2D eigenvalue weighted by molar-refractivity contribution is 0.299. The number of nitrogens with zero attached hydrogens (tertiary/aromatic N) is 1. The molecule has 0 saturated heterocycles. The Morgan fingerprint density at radius 3 is 2.45 bits per heavy atom. The van der Waals surface area contributed by atoms with Crippen molar-refractivity contribution in [2.24, 2.45) is 4.99 Å². The third-order valence-electron chi connectivity index (χ3n) is 3.46. The Morgan fingerprint density at radius 2 is 1.82 bits per heavy atom. The van der Waals surface area contributed by atoms with Crippen LogP contribution in [0.1, 0.15) is 35.6 Å². The molecular weight excluding hydrogens is 274 g/mol. The van der Waals surface area contributed by atoms with Crippen LogP contribution < -0.4 is 4.74 Å². The lowest BCUT2D eigenvalue weighted by Crippen LogP contribution is -1.96. The van der Waals surface area contributed by atoms with Crippen molar-refractivity contribution in [3.8, 4) is 11.5 Å². The molecule has 1 N–H and O–H groups in total. The Bertz CT molecular complexity index is 667. The smallest absolute Gasteiger partial charge is 0.166 e. The van der Waals surface area contributed by atoms with Crippen molar-refractivity contribution in [1.29, 1.82) is 0 Å². The van der Waals surface area contributed by atoms with E-state index in [1.54, 1.807) is 12.3 Å². The van der Waals surface area contributed by atoms with Crippen molar-refractivity contribution >= 4 is 11.9 Å². The molecule has 0 fully saturated rings. The van der Waals surface area contributed by atoms with Gasteiger partial charge >= 0.3 is 0 Å². The molecule has 0 radical (unpaired) electrons. The summed E-state index contributed by atoms with van der Waals surface area (Å²) in [7, 11) is 0. The Labute approximate surface area is 132 Å². The first-order valence-electron chi connectivity index (χ1n) is 7.59. The molecule has 0 bridgehead atoms.